The molecule has 6 nitrogen and oxygen atoms in total. The smallest absolute Gasteiger partial charge is 0.366 e. The summed E-state index contributed by atoms with van der Waals surface area (Å²) in [7, 11) is 0. The third-order valence-electron chi connectivity index (χ3n) is 5.38. The molecule has 1 atom stereocenters. The van der Waals surface area contributed by atoms with E-state index >= 15 is 0 Å². The maximum absolute atomic E-state index is 12.8. The van der Waals surface area contributed by atoms with Crippen molar-refractivity contribution in [2.75, 3.05) is 39.4 Å². The molecule has 0 amide bonds. The summed E-state index contributed by atoms with van der Waals surface area (Å²) >= 11 is 0. The van der Waals surface area contributed by atoms with E-state index in [9.17, 15) is 13.2 Å². The maximum atomic E-state index is 12.8. The van der Waals surface area contributed by atoms with Crippen molar-refractivity contribution in [1.82, 2.24) is 20.4 Å². The Morgan fingerprint density at radius 1 is 1.07 bits per heavy atom. The first-order chi connectivity index (χ1) is 13.5. The minimum Gasteiger partial charge on any atom is -0.366 e. The molecule has 0 saturated carbocycles. The van der Waals surface area contributed by atoms with E-state index < -0.39 is 11.7 Å². The monoisotopic (exact) mass is 392 g/mol. The molecule has 3 heterocycles. The van der Waals surface area contributed by atoms with Crippen LogP contribution < -0.4 is 16.4 Å². The lowest BCUT2D eigenvalue weighted by atomic mass is 10.0. The molecule has 0 aromatic heterocycles. The van der Waals surface area contributed by atoms with Crippen molar-refractivity contribution < 1.29 is 13.2 Å². The summed E-state index contributed by atoms with van der Waals surface area (Å²) in [4.78, 5) is 8.93. The van der Waals surface area contributed by atoms with Gasteiger partial charge in [0.15, 0.2) is 0 Å². The number of nitrogens with two attached hydrogens (primary N) is 1. The third-order valence-corrected chi connectivity index (χ3v) is 5.38. The number of alkyl halides is 3. The van der Waals surface area contributed by atoms with Gasteiger partial charge in [0.25, 0.3) is 0 Å². The fraction of sp³-hybridized carbons (Fsp3) is 0.421. The summed E-state index contributed by atoms with van der Waals surface area (Å²) < 4.78 is 38.4. The molecule has 4 N–H and O–H groups in total. The van der Waals surface area contributed by atoms with Crippen molar-refractivity contribution in [1.29, 1.82) is 0 Å². The van der Waals surface area contributed by atoms with Gasteiger partial charge in [0.1, 0.15) is 11.5 Å². The Morgan fingerprint density at radius 2 is 1.79 bits per heavy atom. The highest BCUT2D eigenvalue weighted by molar-refractivity contribution is 5.79. The van der Waals surface area contributed by atoms with Gasteiger partial charge >= 0.3 is 6.18 Å². The van der Waals surface area contributed by atoms with Crippen LogP contribution in [0.2, 0.25) is 0 Å². The molecule has 150 valence electrons. The van der Waals surface area contributed by atoms with Crippen LogP contribution in [0, 0.1) is 0 Å². The van der Waals surface area contributed by atoms with E-state index in [0.717, 1.165) is 61.1 Å². The second-order valence-electron chi connectivity index (χ2n) is 6.98. The van der Waals surface area contributed by atoms with Gasteiger partial charge in [-0.25, -0.2) is 0 Å². The van der Waals surface area contributed by atoms with Crippen molar-refractivity contribution in [3.63, 3.8) is 0 Å². The van der Waals surface area contributed by atoms with Gasteiger partial charge in [-0.1, -0.05) is 12.1 Å². The number of halogens is 3. The summed E-state index contributed by atoms with van der Waals surface area (Å²) in [6.45, 7) is 4.16. The minimum atomic E-state index is -4.32. The fourth-order valence-corrected chi connectivity index (χ4v) is 3.88. The van der Waals surface area contributed by atoms with Crippen LogP contribution >= 0.6 is 0 Å². The Morgan fingerprint density at radius 3 is 2.43 bits per heavy atom. The molecule has 9 heteroatoms. The predicted octanol–water partition coefficient (Wildman–Crippen LogP) is 1.61. The Hall–Kier alpha value is -2.52. The van der Waals surface area contributed by atoms with Crippen LogP contribution in [0.1, 0.15) is 17.2 Å². The first-order valence-corrected chi connectivity index (χ1v) is 9.30. The number of piperazine rings is 1. The van der Waals surface area contributed by atoms with Gasteiger partial charge < -0.3 is 21.3 Å². The molecule has 3 aliphatic heterocycles. The Bertz CT molecular complexity index is 804. The van der Waals surface area contributed by atoms with Crippen LogP contribution in [0.3, 0.4) is 0 Å². The average molecular weight is 392 g/mol. The number of hydrogen-bond donors (Lipinski definition) is 3. The summed E-state index contributed by atoms with van der Waals surface area (Å²) in [5.74, 6) is 1.03. The molecule has 0 spiro atoms. The van der Waals surface area contributed by atoms with E-state index in [0.29, 0.717) is 13.2 Å². The molecule has 0 bridgehead atoms. The van der Waals surface area contributed by atoms with Gasteiger partial charge in [-0.05, 0) is 23.8 Å². The summed E-state index contributed by atoms with van der Waals surface area (Å²) in [5, 5.41) is 6.62. The zero-order valence-corrected chi connectivity index (χ0v) is 15.3. The van der Waals surface area contributed by atoms with Crippen molar-refractivity contribution in [2.45, 2.75) is 12.2 Å². The Kier molecular flexibility index (Phi) is 5.03. The fourth-order valence-electron chi connectivity index (χ4n) is 3.88. The predicted molar refractivity (Wildman–Crippen MR) is 101 cm³/mol. The summed E-state index contributed by atoms with van der Waals surface area (Å²) in [6, 6.07) is 5.24. The lowest BCUT2D eigenvalue weighted by Crippen LogP contribution is -2.52. The minimum absolute atomic E-state index is 0.0944. The second-order valence-corrected chi connectivity index (χ2v) is 6.98. The van der Waals surface area contributed by atoms with Crippen LogP contribution in [0.4, 0.5) is 13.2 Å². The number of benzene rings is 1. The maximum Gasteiger partial charge on any atom is 0.416 e. The molecule has 28 heavy (non-hydrogen) atoms. The van der Waals surface area contributed by atoms with Crippen molar-refractivity contribution in [3.8, 4) is 0 Å². The Balaban J connectivity index is 1.44. The van der Waals surface area contributed by atoms with Crippen molar-refractivity contribution in [3.05, 3.63) is 58.7 Å². The van der Waals surface area contributed by atoms with E-state index in [2.05, 4.69) is 25.4 Å². The van der Waals surface area contributed by atoms with Crippen LogP contribution in [-0.2, 0) is 6.18 Å². The molecule has 1 saturated heterocycles. The van der Waals surface area contributed by atoms with Gasteiger partial charge in [-0.3, -0.25) is 9.89 Å². The SMILES string of the molecule is NCC(c1ccc(C(F)(F)F)cc1)N1CCN(C2=C3N=CC=C3NCN2)CC1. The Labute approximate surface area is 161 Å². The molecule has 3 aliphatic rings. The van der Waals surface area contributed by atoms with Gasteiger partial charge in [0.2, 0.25) is 0 Å². The molecule has 1 aromatic rings. The number of nitrogens with zero attached hydrogens (tertiary/aromatic N) is 3. The average Bonchev–Trinajstić information content (AvgIpc) is 3.18. The van der Waals surface area contributed by atoms with E-state index in [1.165, 1.54) is 12.1 Å². The summed E-state index contributed by atoms with van der Waals surface area (Å²) in [5.41, 5.74) is 8.11. The number of aliphatic imine (C=N–C) groups is 1. The number of fused-ring (bicyclic) bond motifs is 1. The van der Waals surface area contributed by atoms with Gasteiger partial charge in [0.05, 0.1) is 17.9 Å². The molecule has 0 radical (unpaired) electrons. The lowest BCUT2D eigenvalue weighted by Gasteiger charge is -2.42. The van der Waals surface area contributed by atoms with Crippen LogP contribution in [0.15, 0.2) is 52.5 Å². The van der Waals surface area contributed by atoms with Crippen LogP contribution in [0.25, 0.3) is 0 Å². The van der Waals surface area contributed by atoms with Gasteiger partial charge in [0, 0.05) is 45.0 Å². The summed E-state index contributed by atoms with van der Waals surface area (Å²) in [6.07, 6.45) is -0.577. The molecular formula is C19H23F3N6. The second kappa shape index (κ2) is 7.48. The highest BCUT2D eigenvalue weighted by Gasteiger charge is 2.32. The third kappa shape index (κ3) is 3.59. The largest absolute Gasteiger partial charge is 0.416 e. The molecule has 4 rings (SSSR count). The highest BCUT2D eigenvalue weighted by Crippen LogP contribution is 2.31. The van der Waals surface area contributed by atoms with Crippen LogP contribution in [-0.4, -0.2) is 55.4 Å². The molecule has 1 aromatic carbocycles. The molecule has 0 aliphatic carbocycles. The number of allylic oxidation sites excluding steroid dienone is 1. The van der Waals surface area contributed by atoms with Crippen molar-refractivity contribution in [2.24, 2.45) is 10.7 Å². The standard InChI is InChI=1S/C19H23F3N6/c20-19(21,22)14-3-1-13(2-4-14)16(11-23)27-7-9-28(10-8-27)18-17-15(5-6-24-17)25-12-26-18/h1-6,16,25-26H,7-12,23H2. The van der Waals surface area contributed by atoms with E-state index in [1.54, 1.807) is 6.21 Å². The van der Waals surface area contributed by atoms with E-state index in [-0.39, 0.29) is 6.04 Å². The topological polar surface area (TPSA) is 68.9 Å². The zero-order valence-electron chi connectivity index (χ0n) is 15.3. The normalized spacial score (nSPS) is 21.1. The molecular weight excluding hydrogens is 369 g/mol. The number of rotatable bonds is 4. The van der Waals surface area contributed by atoms with Gasteiger partial charge in [-0.15, -0.1) is 0 Å². The van der Waals surface area contributed by atoms with Crippen molar-refractivity contribution >= 4 is 6.21 Å². The zero-order chi connectivity index (χ0) is 19.7. The first-order valence-electron chi connectivity index (χ1n) is 9.30. The molecule has 1 fully saturated rings. The quantitative estimate of drug-likeness (QED) is 0.727. The highest BCUT2D eigenvalue weighted by atomic mass is 19.4. The lowest BCUT2D eigenvalue weighted by molar-refractivity contribution is -0.137. The van der Waals surface area contributed by atoms with E-state index in [1.807, 2.05) is 6.08 Å². The number of nitrogens with one attached hydrogen (secondary N) is 2. The van der Waals surface area contributed by atoms with Gasteiger partial charge in [-0.2, -0.15) is 13.2 Å². The van der Waals surface area contributed by atoms with E-state index in [4.69, 9.17) is 5.73 Å². The first kappa shape index (κ1) is 18.8. The van der Waals surface area contributed by atoms with Crippen LogP contribution in [0.5, 0.6) is 0 Å². The number of hydrogen-bond acceptors (Lipinski definition) is 6. The molecule has 1 unspecified atom stereocenters.